The summed E-state index contributed by atoms with van der Waals surface area (Å²) in [6.07, 6.45) is 5.52. The third-order valence-corrected chi connectivity index (χ3v) is 3.65. The van der Waals surface area contributed by atoms with Crippen molar-refractivity contribution in [3.8, 4) is 11.5 Å². The van der Waals surface area contributed by atoms with Crippen molar-refractivity contribution in [2.45, 2.75) is 44.2 Å². The molecule has 1 unspecified atom stereocenters. The van der Waals surface area contributed by atoms with Crippen LogP contribution in [0, 0.1) is 0 Å². The first-order chi connectivity index (χ1) is 9.24. The molecule has 0 radical (unpaired) electrons. The van der Waals surface area contributed by atoms with Crippen LogP contribution >= 0.6 is 0 Å². The molecular formula is C15H23NO3. The molecule has 2 rings (SSSR count). The summed E-state index contributed by atoms with van der Waals surface area (Å²) in [5, 5.41) is 8.96. The molecule has 1 atom stereocenters. The van der Waals surface area contributed by atoms with E-state index in [0.717, 1.165) is 29.9 Å². The highest BCUT2D eigenvalue weighted by molar-refractivity contribution is 5.44. The highest BCUT2D eigenvalue weighted by atomic mass is 16.5. The summed E-state index contributed by atoms with van der Waals surface area (Å²) in [6.45, 7) is 0.0893. The van der Waals surface area contributed by atoms with Crippen molar-refractivity contribution >= 4 is 0 Å². The average molecular weight is 265 g/mol. The molecule has 19 heavy (non-hydrogen) atoms. The molecule has 1 aromatic rings. The minimum Gasteiger partial charge on any atom is -0.493 e. The quantitative estimate of drug-likeness (QED) is 0.829. The van der Waals surface area contributed by atoms with E-state index < -0.39 is 0 Å². The molecule has 4 heteroatoms. The second-order valence-corrected chi connectivity index (χ2v) is 5.05. The summed E-state index contributed by atoms with van der Waals surface area (Å²) in [5.74, 6) is 1.51. The van der Waals surface area contributed by atoms with Gasteiger partial charge in [-0.3, -0.25) is 0 Å². The molecule has 1 aromatic carbocycles. The average Bonchev–Trinajstić information content (AvgIpc) is 2.92. The summed E-state index contributed by atoms with van der Waals surface area (Å²) in [4.78, 5) is 0. The number of methoxy groups -OCH3 is 1. The summed E-state index contributed by atoms with van der Waals surface area (Å²) >= 11 is 0. The number of aliphatic hydroxyl groups is 1. The van der Waals surface area contributed by atoms with Gasteiger partial charge in [0, 0.05) is 12.6 Å². The number of ether oxygens (including phenoxy) is 2. The molecule has 0 aromatic heterocycles. The van der Waals surface area contributed by atoms with Gasteiger partial charge in [0.05, 0.1) is 13.2 Å². The van der Waals surface area contributed by atoms with Crippen LogP contribution in [-0.4, -0.2) is 24.9 Å². The van der Waals surface area contributed by atoms with Crippen molar-refractivity contribution in [1.82, 2.24) is 0 Å². The molecule has 0 heterocycles. The van der Waals surface area contributed by atoms with Gasteiger partial charge in [-0.15, -0.1) is 0 Å². The van der Waals surface area contributed by atoms with E-state index in [2.05, 4.69) is 0 Å². The van der Waals surface area contributed by atoms with Gasteiger partial charge in [-0.1, -0.05) is 6.07 Å². The lowest BCUT2D eigenvalue weighted by Gasteiger charge is -2.18. The zero-order valence-corrected chi connectivity index (χ0v) is 11.5. The Morgan fingerprint density at radius 3 is 2.68 bits per heavy atom. The molecule has 1 saturated carbocycles. The molecule has 1 aliphatic carbocycles. The van der Waals surface area contributed by atoms with Crippen LogP contribution in [0.4, 0.5) is 0 Å². The number of rotatable bonds is 6. The number of hydrogen-bond acceptors (Lipinski definition) is 4. The van der Waals surface area contributed by atoms with Crippen molar-refractivity contribution in [2.75, 3.05) is 13.7 Å². The van der Waals surface area contributed by atoms with E-state index in [1.165, 1.54) is 12.8 Å². The highest BCUT2D eigenvalue weighted by Crippen LogP contribution is 2.33. The number of nitrogens with two attached hydrogens (primary N) is 1. The molecular weight excluding hydrogens is 242 g/mol. The predicted molar refractivity (Wildman–Crippen MR) is 74.5 cm³/mol. The maximum atomic E-state index is 8.96. The van der Waals surface area contributed by atoms with E-state index in [-0.39, 0.29) is 12.6 Å². The standard InChI is InChI=1S/C15H23NO3/c1-18-14-7-6-11(13(16)8-9-17)10-15(14)19-12-4-2-3-5-12/h6-7,10,12-13,17H,2-5,8-9,16H2,1H3. The lowest BCUT2D eigenvalue weighted by Crippen LogP contribution is -2.14. The SMILES string of the molecule is COc1ccc(C(N)CCO)cc1OC1CCCC1. The summed E-state index contributed by atoms with van der Waals surface area (Å²) in [5.41, 5.74) is 6.99. The Labute approximate surface area is 114 Å². The van der Waals surface area contributed by atoms with Gasteiger partial charge in [0.25, 0.3) is 0 Å². The molecule has 0 amide bonds. The fraction of sp³-hybridized carbons (Fsp3) is 0.600. The molecule has 0 saturated heterocycles. The Morgan fingerprint density at radius 1 is 1.32 bits per heavy atom. The van der Waals surface area contributed by atoms with E-state index in [9.17, 15) is 0 Å². The number of aliphatic hydroxyl groups excluding tert-OH is 1. The maximum Gasteiger partial charge on any atom is 0.161 e. The van der Waals surface area contributed by atoms with E-state index >= 15 is 0 Å². The first-order valence-corrected chi connectivity index (χ1v) is 6.95. The van der Waals surface area contributed by atoms with Gasteiger partial charge in [0.1, 0.15) is 0 Å². The fourth-order valence-corrected chi connectivity index (χ4v) is 2.51. The van der Waals surface area contributed by atoms with Crippen molar-refractivity contribution in [3.63, 3.8) is 0 Å². The Balaban J connectivity index is 2.15. The normalized spacial score (nSPS) is 17.4. The molecule has 3 N–H and O–H groups in total. The smallest absolute Gasteiger partial charge is 0.161 e. The molecule has 0 spiro atoms. The molecule has 106 valence electrons. The van der Waals surface area contributed by atoms with E-state index in [0.29, 0.717) is 12.5 Å². The van der Waals surface area contributed by atoms with Gasteiger partial charge in [-0.25, -0.2) is 0 Å². The minimum atomic E-state index is -0.165. The van der Waals surface area contributed by atoms with Gasteiger partial charge in [-0.2, -0.15) is 0 Å². The third-order valence-electron chi connectivity index (χ3n) is 3.65. The van der Waals surface area contributed by atoms with E-state index in [1.807, 2.05) is 18.2 Å². The van der Waals surface area contributed by atoms with Gasteiger partial charge < -0.3 is 20.3 Å². The molecule has 1 fully saturated rings. The molecule has 1 aliphatic rings. The second-order valence-electron chi connectivity index (χ2n) is 5.05. The van der Waals surface area contributed by atoms with Crippen LogP contribution in [0.15, 0.2) is 18.2 Å². The lowest BCUT2D eigenvalue weighted by atomic mass is 10.0. The van der Waals surface area contributed by atoms with E-state index in [1.54, 1.807) is 7.11 Å². The van der Waals surface area contributed by atoms with Crippen LogP contribution in [0.25, 0.3) is 0 Å². The molecule has 0 bridgehead atoms. The number of benzene rings is 1. The zero-order chi connectivity index (χ0) is 13.7. The largest absolute Gasteiger partial charge is 0.493 e. The second kappa shape index (κ2) is 6.78. The Kier molecular flexibility index (Phi) is 5.05. The first-order valence-electron chi connectivity index (χ1n) is 6.95. The number of hydrogen-bond donors (Lipinski definition) is 2. The third kappa shape index (κ3) is 3.61. The van der Waals surface area contributed by atoms with Gasteiger partial charge >= 0.3 is 0 Å². The van der Waals surface area contributed by atoms with Crippen LogP contribution in [0.1, 0.15) is 43.7 Å². The van der Waals surface area contributed by atoms with Crippen LogP contribution in [0.3, 0.4) is 0 Å². The van der Waals surface area contributed by atoms with Crippen molar-refractivity contribution in [2.24, 2.45) is 5.73 Å². The monoisotopic (exact) mass is 265 g/mol. The van der Waals surface area contributed by atoms with Crippen LogP contribution in [-0.2, 0) is 0 Å². The van der Waals surface area contributed by atoms with E-state index in [4.69, 9.17) is 20.3 Å². The van der Waals surface area contributed by atoms with Crippen molar-refractivity contribution < 1.29 is 14.6 Å². The Morgan fingerprint density at radius 2 is 2.05 bits per heavy atom. The highest BCUT2D eigenvalue weighted by Gasteiger charge is 2.19. The fourth-order valence-electron chi connectivity index (χ4n) is 2.51. The topological polar surface area (TPSA) is 64.7 Å². The van der Waals surface area contributed by atoms with Gasteiger partial charge in [0.15, 0.2) is 11.5 Å². The lowest BCUT2D eigenvalue weighted by molar-refractivity contribution is 0.200. The Hall–Kier alpha value is -1.26. The van der Waals surface area contributed by atoms with Crippen LogP contribution in [0.2, 0.25) is 0 Å². The molecule has 4 nitrogen and oxygen atoms in total. The predicted octanol–water partition coefficient (Wildman–Crippen LogP) is 2.40. The zero-order valence-electron chi connectivity index (χ0n) is 11.5. The van der Waals surface area contributed by atoms with Crippen LogP contribution in [0.5, 0.6) is 11.5 Å². The van der Waals surface area contributed by atoms with Gasteiger partial charge in [0.2, 0.25) is 0 Å². The van der Waals surface area contributed by atoms with Gasteiger partial charge in [-0.05, 0) is 49.8 Å². The van der Waals surface area contributed by atoms with Crippen molar-refractivity contribution in [3.05, 3.63) is 23.8 Å². The van der Waals surface area contributed by atoms with Crippen LogP contribution < -0.4 is 15.2 Å². The minimum absolute atomic E-state index is 0.0893. The summed E-state index contributed by atoms with van der Waals surface area (Å²) in [6, 6.07) is 5.59. The van der Waals surface area contributed by atoms with Crippen molar-refractivity contribution in [1.29, 1.82) is 0 Å². The first kappa shape index (κ1) is 14.2. The summed E-state index contributed by atoms with van der Waals surface area (Å²) < 4.78 is 11.4. The summed E-state index contributed by atoms with van der Waals surface area (Å²) in [7, 11) is 1.64. The molecule has 0 aliphatic heterocycles. The maximum absolute atomic E-state index is 8.96. The Bertz CT molecular complexity index is 402.